The summed E-state index contributed by atoms with van der Waals surface area (Å²) in [5, 5.41) is 0. The van der Waals surface area contributed by atoms with Crippen LogP contribution in [0.3, 0.4) is 0 Å². The van der Waals surface area contributed by atoms with E-state index in [1.54, 1.807) is 0 Å². The van der Waals surface area contributed by atoms with Gasteiger partial charge in [0.15, 0.2) is 6.10 Å². The lowest BCUT2D eigenvalue weighted by Crippen LogP contribution is -2.19. The van der Waals surface area contributed by atoms with Crippen molar-refractivity contribution >= 4 is 11.9 Å². The maximum absolute atomic E-state index is 13.5. The molecule has 2 aliphatic carbocycles. The zero-order valence-corrected chi connectivity index (χ0v) is 40.4. The van der Waals surface area contributed by atoms with Crippen molar-refractivity contribution in [3.05, 3.63) is 155 Å². The Hall–Kier alpha value is -4.96. The summed E-state index contributed by atoms with van der Waals surface area (Å²) in [6.45, 7) is 4.48. The van der Waals surface area contributed by atoms with E-state index in [9.17, 15) is 9.59 Å². The predicted octanol–water partition coefficient (Wildman–Crippen LogP) is 17.8. The number of rotatable bonds is 24. The van der Waals surface area contributed by atoms with Gasteiger partial charge in [-0.05, 0) is 138 Å². The average molecular weight is 887 g/mol. The molecule has 1 unspecified atom stereocenters. The van der Waals surface area contributed by atoms with Crippen molar-refractivity contribution in [1.82, 2.24) is 0 Å². The third-order valence-electron chi connectivity index (χ3n) is 15.1. The number of carbonyl (C=O) groups is 2. The van der Waals surface area contributed by atoms with Crippen molar-refractivity contribution in [1.29, 1.82) is 0 Å². The predicted molar refractivity (Wildman–Crippen MR) is 274 cm³/mol. The van der Waals surface area contributed by atoms with Crippen molar-refractivity contribution in [2.75, 3.05) is 6.61 Å². The Labute approximate surface area is 398 Å². The van der Waals surface area contributed by atoms with Crippen molar-refractivity contribution in [2.45, 2.75) is 173 Å². The van der Waals surface area contributed by atoms with Gasteiger partial charge in [-0.1, -0.05) is 207 Å². The third-order valence-corrected chi connectivity index (χ3v) is 15.1. The molecule has 0 spiro atoms. The molecule has 0 radical (unpaired) electrons. The monoisotopic (exact) mass is 887 g/mol. The van der Waals surface area contributed by atoms with Gasteiger partial charge < -0.3 is 9.47 Å². The van der Waals surface area contributed by atoms with E-state index in [0.29, 0.717) is 23.0 Å². The molecule has 4 nitrogen and oxygen atoms in total. The van der Waals surface area contributed by atoms with Gasteiger partial charge in [-0.2, -0.15) is 0 Å². The van der Waals surface area contributed by atoms with Gasteiger partial charge in [-0.3, -0.25) is 0 Å². The van der Waals surface area contributed by atoms with Crippen LogP contribution in [0, 0.1) is 11.8 Å². The molecule has 0 saturated heterocycles. The molecule has 4 heteroatoms. The van der Waals surface area contributed by atoms with Gasteiger partial charge in [-0.15, -0.1) is 0 Å². The Balaban J connectivity index is 0.863. The number of ether oxygens (including phenoxy) is 2. The highest BCUT2D eigenvalue weighted by atomic mass is 16.6. The Morgan fingerprint density at radius 1 is 0.439 bits per heavy atom. The second-order valence-electron chi connectivity index (χ2n) is 19.8. The molecule has 0 aliphatic heterocycles. The Morgan fingerprint density at radius 3 is 1.24 bits per heavy atom. The lowest BCUT2D eigenvalue weighted by Gasteiger charge is -2.29. The molecule has 2 aliphatic rings. The van der Waals surface area contributed by atoms with Gasteiger partial charge in [0.2, 0.25) is 0 Å². The summed E-state index contributed by atoms with van der Waals surface area (Å²) in [6, 6.07) is 42.8. The van der Waals surface area contributed by atoms with E-state index in [0.717, 1.165) is 39.7 Å². The molecule has 0 N–H and O–H groups in total. The molecular formula is C62H78O4. The Kier molecular flexibility index (Phi) is 19.6. The lowest BCUT2D eigenvalue weighted by atomic mass is 9.77. The highest BCUT2D eigenvalue weighted by Crippen LogP contribution is 2.40. The molecule has 5 aromatic rings. The standard InChI is InChI=1S/C62H78O4/c1-3-5-7-9-11-14-18-47-22-26-49(27-23-47)51-30-34-53(35-31-51)55-38-42-58(43-39-55)61(63)65-46-60(57-20-16-13-17-21-57)66-62(64)59-44-40-56(41-45-59)54-36-32-52(33-37-54)50-28-24-48(25-29-50)19-15-12-10-8-6-4-2/h13,16-17,20-21,30-45,47-50,60H,3-12,14-15,18-19,22-29,46H2,1-2H3. The van der Waals surface area contributed by atoms with Gasteiger partial charge in [0.1, 0.15) is 6.61 Å². The summed E-state index contributed by atoms with van der Waals surface area (Å²) in [6.07, 6.45) is 29.3. The largest absolute Gasteiger partial charge is 0.458 e. The van der Waals surface area contributed by atoms with Crippen LogP contribution in [0.25, 0.3) is 22.3 Å². The SMILES string of the molecule is CCCCCCCCC1CCC(c2ccc(-c3ccc(C(=O)OCC(OC(=O)c4ccc(-c5ccc(C6CCC(CCCCCCCC)CC6)cc5)cc4)c4ccccc4)cc3)cc2)CC1. The van der Waals surface area contributed by atoms with E-state index in [2.05, 4.69) is 62.4 Å². The fraction of sp³-hybridized carbons (Fsp3) is 0.484. The molecule has 66 heavy (non-hydrogen) atoms. The first-order valence-corrected chi connectivity index (χ1v) is 26.3. The zero-order chi connectivity index (χ0) is 45.8. The smallest absolute Gasteiger partial charge is 0.338 e. The van der Waals surface area contributed by atoms with Crippen molar-refractivity contribution in [2.24, 2.45) is 11.8 Å². The van der Waals surface area contributed by atoms with Crippen LogP contribution in [-0.4, -0.2) is 18.5 Å². The van der Waals surface area contributed by atoms with E-state index >= 15 is 0 Å². The minimum absolute atomic E-state index is 0.0933. The minimum Gasteiger partial charge on any atom is -0.458 e. The van der Waals surface area contributed by atoms with Crippen LogP contribution in [0.15, 0.2) is 127 Å². The summed E-state index contributed by atoms with van der Waals surface area (Å²) in [4.78, 5) is 26.9. The summed E-state index contributed by atoms with van der Waals surface area (Å²) in [5.41, 5.74) is 8.97. The molecule has 2 fully saturated rings. The van der Waals surface area contributed by atoms with Crippen LogP contribution in [0.5, 0.6) is 0 Å². The Bertz CT molecular complexity index is 2140. The highest BCUT2D eigenvalue weighted by molar-refractivity contribution is 5.91. The molecule has 0 aromatic heterocycles. The highest BCUT2D eigenvalue weighted by Gasteiger charge is 2.25. The molecular weight excluding hydrogens is 809 g/mol. The Morgan fingerprint density at radius 2 is 0.818 bits per heavy atom. The van der Waals surface area contributed by atoms with Gasteiger partial charge in [-0.25, -0.2) is 9.59 Å². The quantitative estimate of drug-likeness (QED) is 0.0458. The molecule has 0 amide bonds. The van der Waals surface area contributed by atoms with Crippen LogP contribution >= 0.6 is 0 Å². The van der Waals surface area contributed by atoms with Crippen LogP contribution < -0.4 is 0 Å². The summed E-state index contributed by atoms with van der Waals surface area (Å²) >= 11 is 0. The fourth-order valence-electron chi connectivity index (χ4n) is 10.8. The molecule has 7 rings (SSSR count). The van der Waals surface area contributed by atoms with Crippen LogP contribution in [-0.2, 0) is 9.47 Å². The maximum atomic E-state index is 13.5. The van der Waals surface area contributed by atoms with Gasteiger partial charge in [0, 0.05) is 0 Å². The molecule has 350 valence electrons. The first-order chi connectivity index (χ1) is 32.5. The van der Waals surface area contributed by atoms with Crippen LogP contribution in [0.2, 0.25) is 0 Å². The van der Waals surface area contributed by atoms with Crippen LogP contribution in [0.1, 0.15) is 210 Å². The number of esters is 2. The molecule has 0 heterocycles. The number of hydrogen-bond acceptors (Lipinski definition) is 4. The van der Waals surface area contributed by atoms with E-state index in [4.69, 9.17) is 9.47 Å². The van der Waals surface area contributed by atoms with Gasteiger partial charge >= 0.3 is 11.9 Å². The van der Waals surface area contributed by atoms with E-state index < -0.39 is 18.0 Å². The second kappa shape index (κ2) is 26.4. The average Bonchev–Trinajstić information content (AvgIpc) is 3.38. The first-order valence-electron chi connectivity index (χ1n) is 26.3. The van der Waals surface area contributed by atoms with Gasteiger partial charge in [0.25, 0.3) is 0 Å². The van der Waals surface area contributed by atoms with Crippen molar-refractivity contribution in [3.63, 3.8) is 0 Å². The lowest BCUT2D eigenvalue weighted by molar-refractivity contribution is -0.00133. The first kappa shape index (κ1) is 49.0. The van der Waals surface area contributed by atoms with E-state index in [1.165, 1.54) is 152 Å². The van der Waals surface area contributed by atoms with Crippen molar-refractivity contribution < 1.29 is 19.1 Å². The number of carbonyl (C=O) groups excluding carboxylic acids is 2. The molecule has 1 atom stereocenters. The molecule has 2 saturated carbocycles. The van der Waals surface area contributed by atoms with Gasteiger partial charge in [0.05, 0.1) is 11.1 Å². The topological polar surface area (TPSA) is 52.6 Å². The maximum Gasteiger partial charge on any atom is 0.338 e. The number of benzene rings is 5. The summed E-state index contributed by atoms with van der Waals surface area (Å²) in [7, 11) is 0. The molecule has 0 bridgehead atoms. The normalized spacial score (nSPS) is 18.9. The van der Waals surface area contributed by atoms with E-state index in [1.807, 2.05) is 78.9 Å². The molecule has 5 aromatic carbocycles. The van der Waals surface area contributed by atoms with Crippen molar-refractivity contribution in [3.8, 4) is 22.3 Å². The summed E-state index contributed by atoms with van der Waals surface area (Å²) in [5.74, 6) is 2.22. The van der Waals surface area contributed by atoms with E-state index in [-0.39, 0.29) is 6.61 Å². The second-order valence-corrected chi connectivity index (χ2v) is 19.8. The number of unbranched alkanes of at least 4 members (excludes halogenated alkanes) is 10. The fourth-order valence-corrected chi connectivity index (χ4v) is 10.8. The minimum atomic E-state index is -0.756. The summed E-state index contributed by atoms with van der Waals surface area (Å²) < 4.78 is 11.8. The van der Waals surface area contributed by atoms with Crippen LogP contribution in [0.4, 0.5) is 0 Å². The number of hydrogen-bond donors (Lipinski definition) is 0. The third kappa shape index (κ3) is 14.8. The zero-order valence-electron chi connectivity index (χ0n) is 40.4.